The van der Waals surface area contributed by atoms with Gasteiger partial charge in [0.2, 0.25) is 0 Å². The third-order valence-corrected chi connectivity index (χ3v) is 13.2. The zero-order chi connectivity index (χ0) is 34.6. The zero-order valence-electron chi connectivity index (χ0n) is 28.2. The number of benzene rings is 8. The van der Waals surface area contributed by atoms with Crippen molar-refractivity contribution in [1.82, 2.24) is 0 Å². The smallest absolute Gasteiger partial charge is 0.159 e. The van der Waals surface area contributed by atoms with E-state index in [1.165, 1.54) is 56.9 Å². The molecule has 5 heteroatoms. The van der Waals surface area contributed by atoms with E-state index in [4.69, 9.17) is 8.83 Å². The van der Waals surface area contributed by atoms with E-state index in [1.807, 2.05) is 34.8 Å². The van der Waals surface area contributed by atoms with Crippen LogP contribution in [0.3, 0.4) is 0 Å². The highest BCUT2D eigenvalue weighted by Gasteiger charge is 2.23. The highest BCUT2D eigenvalue weighted by molar-refractivity contribution is 7.27. The minimum atomic E-state index is 0.875. The van der Waals surface area contributed by atoms with Crippen LogP contribution in [0.4, 0.5) is 17.1 Å². The molecule has 0 amide bonds. The second-order valence-electron chi connectivity index (χ2n) is 13.6. The van der Waals surface area contributed by atoms with E-state index in [-0.39, 0.29) is 0 Å². The van der Waals surface area contributed by atoms with Gasteiger partial charge < -0.3 is 13.7 Å². The molecule has 4 aromatic heterocycles. The van der Waals surface area contributed by atoms with Crippen LogP contribution in [0.2, 0.25) is 0 Å². The lowest BCUT2D eigenvalue weighted by atomic mass is 10.0. The lowest BCUT2D eigenvalue weighted by Gasteiger charge is -2.26. The third-order valence-electron chi connectivity index (χ3n) is 10.7. The van der Waals surface area contributed by atoms with Gasteiger partial charge in [-0.15, -0.1) is 22.7 Å². The lowest BCUT2D eigenvalue weighted by Crippen LogP contribution is -2.10. The average Bonchev–Trinajstić information content (AvgIpc) is 3.98. The minimum Gasteiger partial charge on any atom is -0.456 e. The maximum absolute atomic E-state index is 6.70. The standard InChI is InChI=1S/C48H27NO2S2/c1-4-22-40-31(13-1)33-17-9-20-38(45(33)51-40)49(39-21-10-19-34-32-14-3-6-24-43(32)52-47(34)39)29-12-7-11-28(27-29)30-16-8-18-35-36-25-26-42-44(48(36)53-46(30)35)37-15-2-5-23-41(37)50-42/h1-27H. The molecular weight excluding hydrogens is 687 g/mol. The second kappa shape index (κ2) is 11.1. The first kappa shape index (κ1) is 29.2. The fourth-order valence-electron chi connectivity index (χ4n) is 8.33. The Labute approximate surface area is 311 Å². The number of hydrogen-bond donors (Lipinski definition) is 0. The van der Waals surface area contributed by atoms with E-state index in [1.54, 1.807) is 0 Å². The van der Waals surface area contributed by atoms with Crippen molar-refractivity contribution in [3.8, 4) is 11.1 Å². The van der Waals surface area contributed by atoms with Crippen molar-refractivity contribution < 1.29 is 8.83 Å². The van der Waals surface area contributed by atoms with Crippen molar-refractivity contribution in [1.29, 1.82) is 0 Å². The molecule has 0 unspecified atom stereocenters. The Kier molecular flexibility index (Phi) is 6.09. The van der Waals surface area contributed by atoms with Gasteiger partial charge in [0, 0.05) is 62.9 Å². The molecule has 4 heterocycles. The Morgan fingerprint density at radius 3 is 1.94 bits per heavy atom. The molecule has 0 aliphatic carbocycles. The first-order chi connectivity index (χ1) is 26.3. The molecule has 0 atom stereocenters. The SMILES string of the molecule is c1cc(-c2cccc3c2sc2c3ccc3oc4ccccc4c32)cc(N(c2cccc3c2oc2ccccc23)c2cccc3c2sc2ccccc23)c1. The first-order valence-electron chi connectivity index (χ1n) is 17.7. The van der Waals surface area contributed by atoms with Gasteiger partial charge in [0.25, 0.3) is 0 Å². The molecule has 53 heavy (non-hydrogen) atoms. The molecule has 0 saturated carbocycles. The molecule has 0 aliphatic heterocycles. The highest BCUT2D eigenvalue weighted by atomic mass is 32.1. The molecule has 248 valence electrons. The number of thiophene rings is 2. The van der Waals surface area contributed by atoms with Crippen molar-refractivity contribution in [2.24, 2.45) is 0 Å². The Hall–Kier alpha value is -6.40. The summed E-state index contributed by atoms with van der Waals surface area (Å²) in [7, 11) is 0. The Morgan fingerprint density at radius 1 is 0.396 bits per heavy atom. The van der Waals surface area contributed by atoms with Gasteiger partial charge in [-0.25, -0.2) is 0 Å². The lowest BCUT2D eigenvalue weighted by molar-refractivity contribution is 0.669. The summed E-state index contributed by atoms with van der Waals surface area (Å²) in [5, 5.41) is 9.64. The molecule has 0 saturated heterocycles. The monoisotopic (exact) mass is 713 g/mol. The van der Waals surface area contributed by atoms with Crippen molar-refractivity contribution in [2.75, 3.05) is 4.90 Å². The van der Waals surface area contributed by atoms with Crippen LogP contribution in [0, 0.1) is 0 Å². The average molecular weight is 714 g/mol. The predicted molar refractivity (Wildman–Crippen MR) is 227 cm³/mol. The first-order valence-corrected chi connectivity index (χ1v) is 19.4. The van der Waals surface area contributed by atoms with Gasteiger partial charge in [0.1, 0.15) is 16.7 Å². The van der Waals surface area contributed by atoms with Gasteiger partial charge in [-0.3, -0.25) is 0 Å². The number of furan rings is 2. The van der Waals surface area contributed by atoms with Crippen LogP contribution in [0.1, 0.15) is 0 Å². The number of rotatable bonds is 4. The van der Waals surface area contributed by atoms with Crippen molar-refractivity contribution in [3.05, 3.63) is 164 Å². The molecule has 0 radical (unpaired) electrons. The number of nitrogens with zero attached hydrogens (tertiary/aromatic N) is 1. The van der Waals surface area contributed by atoms with Gasteiger partial charge in [0.15, 0.2) is 5.58 Å². The molecule has 8 aromatic carbocycles. The molecule has 0 aliphatic rings. The van der Waals surface area contributed by atoms with E-state index >= 15 is 0 Å². The molecule has 0 N–H and O–H groups in total. The summed E-state index contributed by atoms with van der Waals surface area (Å²) in [6.45, 7) is 0. The molecule has 12 rings (SSSR count). The van der Waals surface area contributed by atoms with E-state index in [0.717, 1.165) is 55.6 Å². The number of fused-ring (bicyclic) bond motifs is 13. The summed E-state index contributed by atoms with van der Waals surface area (Å²) in [6, 6.07) is 58.7. The summed E-state index contributed by atoms with van der Waals surface area (Å²) in [6.07, 6.45) is 0. The highest BCUT2D eigenvalue weighted by Crippen LogP contribution is 2.49. The van der Waals surface area contributed by atoms with Crippen molar-refractivity contribution in [3.63, 3.8) is 0 Å². The number of anilines is 3. The van der Waals surface area contributed by atoms with Gasteiger partial charge in [-0.05, 0) is 65.7 Å². The quantitative estimate of drug-likeness (QED) is 0.182. The van der Waals surface area contributed by atoms with Crippen LogP contribution in [0.5, 0.6) is 0 Å². The number of hydrogen-bond acceptors (Lipinski definition) is 5. The molecule has 0 fully saturated rings. The molecule has 12 aromatic rings. The zero-order valence-corrected chi connectivity index (χ0v) is 29.8. The Bertz CT molecular complexity index is 3320. The maximum Gasteiger partial charge on any atom is 0.159 e. The number of para-hydroxylation sites is 3. The van der Waals surface area contributed by atoms with Crippen LogP contribution in [0.25, 0.3) is 95.3 Å². The minimum absolute atomic E-state index is 0.875. The summed E-state index contributed by atoms with van der Waals surface area (Å²) < 4.78 is 18.1. The topological polar surface area (TPSA) is 29.5 Å². The summed E-state index contributed by atoms with van der Waals surface area (Å²) in [4.78, 5) is 2.40. The van der Waals surface area contributed by atoms with Crippen molar-refractivity contribution >= 4 is 124 Å². The Balaban J connectivity index is 1.12. The van der Waals surface area contributed by atoms with Crippen LogP contribution in [-0.2, 0) is 0 Å². The Morgan fingerprint density at radius 2 is 1.06 bits per heavy atom. The van der Waals surface area contributed by atoms with E-state index < -0.39 is 0 Å². The van der Waals surface area contributed by atoms with Gasteiger partial charge in [0.05, 0.1) is 16.1 Å². The normalized spacial score (nSPS) is 12.2. The van der Waals surface area contributed by atoms with E-state index in [0.29, 0.717) is 0 Å². The van der Waals surface area contributed by atoms with Gasteiger partial charge in [-0.2, -0.15) is 0 Å². The van der Waals surface area contributed by atoms with Crippen molar-refractivity contribution in [2.45, 2.75) is 0 Å². The van der Waals surface area contributed by atoms with E-state index in [2.05, 4.69) is 157 Å². The van der Waals surface area contributed by atoms with E-state index in [9.17, 15) is 0 Å². The largest absolute Gasteiger partial charge is 0.456 e. The second-order valence-corrected chi connectivity index (χ2v) is 15.7. The van der Waals surface area contributed by atoms with Gasteiger partial charge in [-0.1, -0.05) is 109 Å². The summed E-state index contributed by atoms with van der Waals surface area (Å²) >= 11 is 3.71. The van der Waals surface area contributed by atoms with Crippen LogP contribution >= 0.6 is 22.7 Å². The van der Waals surface area contributed by atoms with Crippen LogP contribution in [0.15, 0.2) is 173 Å². The summed E-state index contributed by atoms with van der Waals surface area (Å²) in [5.41, 5.74) is 9.21. The predicted octanol–water partition coefficient (Wildman–Crippen LogP) is 15.4. The molecule has 0 spiro atoms. The van der Waals surface area contributed by atoms with Crippen LogP contribution in [-0.4, -0.2) is 0 Å². The van der Waals surface area contributed by atoms with Gasteiger partial charge >= 0.3 is 0 Å². The van der Waals surface area contributed by atoms with Crippen LogP contribution < -0.4 is 4.90 Å². The molecular formula is C48H27NO2S2. The third kappa shape index (κ3) is 4.20. The fraction of sp³-hybridized carbons (Fsp3) is 0. The molecule has 3 nitrogen and oxygen atoms in total. The fourth-order valence-corrected chi connectivity index (χ4v) is 10.9. The molecule has 0 bridgehead atoms. The summed E-state index contributed by atoms with van der Waals surface area (Å²) in [5.74, 6) is 0. The maximum atomic E-state index is 6.70.